The van der Waals surface area contributed by atoms with Gasteiger partial charge in [0.15, 0.2) is 12.4 Å². The first kappa shape index (κ1) is 21.6. The maximum Gasteiger partial charge on any atom is 0.330 e. The van der Waals surface area contributed by atoms with Gasteiger partial charge in [-0.3, -0.25) is 19.3 Å². The molecule has 1 saturated heterocycles. The Bertz CT molecular complexity index is 1110. The minimum absolute atomic E-state index is 0.0429. The molecule has 5 rings (SSSR count). The van der Waals surface area contributed by atoms with Crippen LogP contribution in [0.25, 0.3) is 0 Å². The molecule has 1 heterocycles. The van der Waals surface area contributed by atoms with Gasteiger partial charge in [0.05, 0.1) is 11.8 Å². The van der Waals surface area contributed by atoms with Crippen LogP contribution in [-0.4, -0.2) is 41.1 Å². The van der Waals surface area contributed by atoms with Crippen LogP contribution in [0.4, 0.5) is 0 Å². The van der Waals surface area contributed by atoms with Crippen LogP contribution in [0, 0.1) is 23.7 Å². The van der Waals surface area contributed by atoms with Crippen molar-refractivity contribution in [2.24, 2.45) is 23.7 Å². The van der Waals surface area contributed by atoms with Crippen molar-refractivity contribution >= 4 is 35.2 Å². The minimum Gasteiger partial charge on any atom is -0.456 e. The number of allylic oxidation sites excluding steroid dienone is 2. The van der Waals surface area contributed by atoms with Gasteiger partial charge in [-0.25, -0.2) is 4.79 Å². The van der Waals surface area contributed by atoms with E-state index in [4.69, 9.17) is 16.3 Å². The van der Waals surface area contributed by atoms with Gasteiger partial charge in [0, 0.05) is 17.0 Å². The predicted molar refractivity (Wildman–Crippen MR) is 120 cm³/mol. The lowest BCUT2D eigenvalue weighted by molar-refractivity contribution is -0.158. The van der Waals surface area contributed by atoms with Crippen LogP contribution >= 0.6 is 11.6 Å². The number of halogens is 1. The Balaban J connectivity index is 1.36. The molecular weight excluding hydrogens is 442 g/mol. The van der Waals surface area contributed by atoms with Gasteiger partial charge in [-0.05, 0) is 48.1 Å². The van der Waals surface area contributed by atoms with Crippen LogP contribution < -0.4 is 0 Å². The van der Waals surface area contributed by atoms with Gasteiger partial charge in [-0.2, -0.15) is 0 Å². The number of carbonyl (C=O) groups is 4. The molecule has 2 amide bonds. The molecule has 0 N–H and O–H groups in total. The van der Waals surface area contributed by atoms with Gasteiger partial charge in [0.1, 0.15) is 6.04 Å². The fourth-order valence-electron chi connectivity index (χ4n) is 5.30. The van der Waals surface area contributed by atoms with Gasteiger partial charge in [-0.1, -0.05) is 54.1 Å². The van der Waals surface area contributed by atoms with Crippen LogP contribution in [0.2, 0.25) is 5.02 Å². The van der Waals surface area contributed by atoms with E-state index in [0.717, 1.165) is 16.9 Å². The molecule has 2 aliphatic carbocycles. The quantitative estimate of drug-likeness (QED) is 0.272. The number of nitrogens with zero attached hydrogens (tertiary/aromatic N) is 1. The topological polar surface area (TPSA) is 80.8 Å². The first-order valence-electron chi connectivity index (χ1n) is 11.0. The molecule has 6 nitrogen and oxygen atoms in total. The predicted octanol–water partition coefficient (Wildman–Crippen LogP) is 3.48. The van der Waals surface area contributed by atoms with Gasteiger partial charge in [-0.15, -0.1) is 0 Å². The largest absolute Gasteiger partial charge is 0.456 e. The fraction of sp³-hybridized carbons (Fsp3) is 0.308. The second-order valence-corrected chi connectivity index (χ2v) is 9.23. The van der Waals surface area contributed by atoms with Crippen molar-refractivity contribution in [1.29, 1.82) is 0 Å². The number of ketones is 1. The van der Waals surface area contributed by atoms with E-state index in [-0.39, 0.29) is 30.1 Å². The summed E-state index contributed by atoms with van der Waals surface area (Å²) in [6.07, 6.45) is 4.96. The van der Waals surface area contributed by atoms with E-state index in [1.54, 1.807) is 24.3 Å². The van der Waals surface area contributed by atoms with E-state index >= 15 is 0 Å². The molecule has 168 valence electrons. The molecule has 1 aliphatic heterocycles. The molecule has 7 heteroatoms. The Kier molecular flexibility index (Phi) is 5.62. The van der Waals surface area contributed by atoms with Crippen molar-refractivity contribution in [3.8, 4) is 0 Å². The molecule has 0 aromatic heterocycles. The van der Waals surface area contributed by atoms with E-state index in [2.05, 4.69) is 0 Å². The molecule has 2 bridgehead atoms. The number of rotatable bonds is 7. The summed E-state index contributed by atoms with van der Waals surface area (Å²) < 4.78 is 5.34. The summed E-state index contributed by atoms with van der Waals surface area (Å²) in [4.78, 5) is 53.3. The summed E-state index contributed by atoms with van der Waals surface area (Å²) in [5.74, 6) is -2.52. The molecule has 0 radical (unpaired) electrons. The highest BCUT2D eigenvalue weighted by Crippen LogP contribution is 2.53. The minimum atomic E-state index is -1.12. The number of hydrogen-bond donors (Lipinski definition) is 0. The van der Waals surface area contributed by atoms with Crippen LogP contribution in [-0.2, 0) is 25.5 Å². The third-order valence-electron chi connectivity index (χ3n) is 6.87. The molecule has 2 fully saturated rings. The molecule has 3 aliphatic rings. The summed E-state index contributed by atoms with van der Waals surface area (Å²) in [6.45, 7) is -0.484. The van der Waals surface area contributed by atoms with Gasteiger partial charge >= 0.3 is 5.97 Å². The van der Waals surface area contributed by atoms with Crippen LogP contribution in [0.3, 0.4) is 0 Å². The van der Waals surface area contributed by atoms with Crippen molar-refractivity contribution < 1.29 is 23.9 Å². The Hall–Kier alpha value is -3.25. The average Bonchev–Trinajstić information content (AvgIpc) is 3.51. The Morgan fingerprint density at radius 1 is 0.939 bits per heavy atom. The van der Waals surface area contributed by atoms with Crippen LogP contribution in [0.1, 0.15) is 22.3 Å². The van der Waals surface area contributed by atoms with Crippen molar-refractivity contribution in [1.82, 2.24) is 4.90 Å². The van der Waals surface area contributed by atoms with Gasteiger partial charge < -0.3 is 4.74 Å². The number of amides is 2. The normalized spacial score (nSPS) is 25.9. The highest BCUT2D eigenvalue weighted by atomic mass is 35.5. The number of carbonyl (C=O) groups excluding carboxylic acids is 4. The van der Waals surface area contributed by atoms with Crippen molar-refractivity contribution in [2.75, 3.05) is 6.61 Å². The highest BCUT2D eigenvalue weighted by Gasteiger charge is 2.61. The Morgan fingerprint density at radius 2 is 1.55 bits per heavy atom. The monoisotopic (exact) mass is 463 g/mol. The summed E-state index contributed by atoms with van der Waals surface area (Å²) in [7, 11) is 0. The number of likely N-dealkylation sites (tertiary alicyclic amines) is 1. The summed E-state index contributed by atoms with van der Waals surface area (Å²) in [5.41, 5.74) is 1.15. The third-order valence-corrected chi connectivity index (χ3v) is 7.12. The van der Waals surface area contributed by atoms with Crippen molar-refractivity contribution in [3.05, 3.63) is 82.9 Å². The number of esters is 1. The van der Waals surface area contributed by atoms with Gasteiger partial charge in [0.2, 0.25) is 11.8 Å². The highest BCUT2D eigenvalue weighted by molar-refractivity contribution is 6.30. The molecule has 0 unspecified atom stereocenters. The van der Waals surface area contributed by atoms with E-state index < -0.39 is 36.2 Å². The lowest BCUT2D eigenvalue weighted by atomic mass is 9.85. The number of imide groups is 1. The Morgan fingerprint density at radius 3 is 2.15 bits per heavy atom. The smallest absolute Gasteiger partial charge is 0.330 e. The molecule has 5 atom stereocenters. The Labute approximate surface area is 196 Å². The number of ether oxygens (including phenoxy) is 1. The van der Waals surface area contributed by atoms with Crippen molar-refractivity contribution in [3.63, 3.8) is 0 Å². The van der Waals surface area contributed by atoms with E-state index in [1.165, 1.54) is 0 Å². The molecule has 0 spiro atoms. The molecular formula is C26H22ClNO5. The lowest BCUT2D eigenvalue weighted by Gasteiger charge is -2.26. The third kappa shape index (κ3) is 3.89. The molecule has 33 heavy (non-hydrogen) atoms. The van der Waals surface area contributed by atoms with Gasteiger partial charge in [0.25, 0.3) is 0 Å². The molecule has 2 aromatic rings. The average molecular weight is 464 g/mol. The standard InChI is InChI=1S/C26H22ClNO5/c27-19-10-8-16(9-11-19)21(29)14-33-26(32)20(12-15-4-2-1-3-5-15)28-24(30)22-17-6-7-18(13-17)23(22)25(28)31/h1-11,17-18,20,22-23H,12-14H2/t17-,18+,20-,22-,23-/m0/s1. The second-order valence-electron chi connectivity index (χ2n) is 8.79. The van der Waals surface area contributed by atoms with Crippen LogP contribution in [0.5, 0.6) is 0 Å². The number of fused-ring (bicyclic) bond motifs is 5. The van der Waals surface area contributed by atoms with E-state index in [0.29, 0.717) is 10.6 Å². The maximum absolute atomic E-state index is 13.3. The maximum atomic E-state index is 13.3. The van der Waals surface area contributed by atoms with Crippen LogP contribution in [0.15, 0.2) is 66.7 Å². The van der Waals surface area contributed by atoms with Crippen molar-refractivity contribution in [2.45, 2.75) is 18.9 Å². The summed E-state index contributed by atoms with van der Waals surface area (Å²) in [5, 5.41) is 0.492. The zero-order chi connectivity index (χ0) is 23.1. The number of Topliss-reactive ketones (excluding diaryl/α,β-unsaturated/α-hetero) is 1. The fourth-order valence-corrected chi connectivity index (χ4v) is 5.43. The summed E-state index contributed by atoms with van der Waals surface area (Å²) in [6, 6.07) is 14.3. The number of benzene rings is 2. The van der Waals surface area contributed by atoms with E-state index in [9.17, 15) is 19.2 Å². The van der Waals surface area contributed by atoms with E-state index in [1.807, 2.05) is 42.5 Å². The zero-order valence-corrected chi connectivity index (χ0v) is 18.5. The second kappa shape index (κ2) is 8.60. The summed E-state index contributed by atoms with van der Waals surface area (Å²) >= 11 is 5.86. The first-order chi connectivity index (χ1) is 15.9. The number of hydrogen-bond acceptors (Lipinski definition) is 5. The lowest BCUT2D eigenvalue weighted by Crippen LogP contribution is -2.48. The zero-order valence-electron chi connectivity index (χ0n) is 17.7. The molecule has 2 aromatic carbocycles. The molecule has 1 saturated carbocycles. The SMILES string of the molecule is O=C(COC(=O)[C@H](Cc1ccccc1)N1C(=O)[C@@H]2[C@@H](C1=O)[C@H]1C=C[C@@H]2C1)c1ccc(Cl)cc1. The first-order valence-corrected chi connectivity index (χ1v) is 11.4.